The van der Waals surface area contributed by atoms with E-state index in [9.17, 15) is 19.7 Å². The Morgan fingerprint density at radius 3 is 2.93 bits per heavy atom. The molecule has 0 aromatic heterocycles. The Balaban J connectivity index is 2.00. The molecule has 2 aliphatic heterocycles. The third kappa shape index (κ3) is 7.26. The van der Waals surface area contributed by atoms with Crippen LogP contribution in [0.4, 0.5) is 0 Å². The summed E-state index contributed by atoms with van der Waals surface area (Å²) in [5.41, 5.74) is 5.54. The fourth-order valence-corrected chi connectivity index (χ4v) is 3.04. The molecule has 0 bridgehead atoms. The Hall–Kier alpha value is -2.24. The summed E-state index contributed by atoms with van der Waals surface area (Å²) in [6.07, 6.45) is 4.28. The molecular weight excluding hydrogens is 397 g/mol. The van der Waals surface area contributed by atoms with E-state index in [1.807, 2.05) is 13.0 Å². The van der Waals surface area contributed by atoms with Crippen LogP contribution in [-0.4, -0.2) is 71.5 Å². The predicted molar refractivity (Wildman–Crippen MR) is 112 cm³/mol. The van der Waals surface area contributed by atoms with Crippen molar-refractivity contribution in [2.75, 3.05) is 26.2 Å². The number of nitrogens with zero attached hydrogens (tertiary/aromatic N) is 2. The van der Waals surface area contributed by atoms with E-state index in [1.54, 1.807) is 11.0 Å². The number of carbonyl (C=O) groups is 2. The first-order valence-corrected chi connectivity index (χ1v) is 10.1. The van der Waals surface area contributed by atoms with Gasteiger partial charge in [-0.2, -0.15) is 0 Å². The van der Waals surface area contributed by atoms with Gasteiger partial charge in [0.1, 0.15) is 24.0 Å². The summed E-state index contributed by atoms with van der Waals surface area (Å²) < 4.78 is 11.1. The molecule has 1 unspecified atom stereocenters. The maximum Gasteiger partial charge on any atom is 0.454 e. The molecule has 2 heterocycles. The number of carboxylic acids is 1. The Kier molecular flexibility index (Phi) is 8.81. The van der Waals surface area contributed by atoms with E-state index < -0.39 is 13.1 Å². The van der Waals surface area contributed by atoms with Gasteiger partial charge in [-0.1, -0.05) is 31.3 Å². The first kappa shape index (κ1) is 23.0. The van der Waals surface area contributed by atoms with Crippen LogP contribution in [0.3, 0.4) is 0 Å². The molecule has 1 atom stereocenters. The average molecular weight is 423 g/mol. The van der Waals surface area contributed by atoms with E-state index in [2.05, 4.69) is 11.6 Å². The maximum atomic E-state index is 12.1. The largest absolute Gasteiger partial charge is 0.486 e. The second kappa shape index (κ2) is 11.1. The van der Waals surface area contributed by atoms with Crippen LogP contribution >= 0.6 is 11.8 Å². The van der Waals surface area contributed by atoms with E-state index in [0.717, 1.165) is 11.8 Å². The summed E-state index contributed by atoms with van der Waals surface area (Å²) in [5.74, 6) is -1.07. The van der Waals surface area contributed by atoms with Gasteiger partial charge in [0.05, 0.1) is 19.7 Å². The number of amides is 1. The number of allylic oxidation sites excluding steroid dienone is 2. The molecule has 158 valence electrons. The molecule has 0 aromatic rings. The topological polar surface area (TPSA) is 135 Å². The molecule has 2 aliphatic rings. The number of carbonyl (C=O) groups excluding carboxylic acids is 1. The van der Waals surface area contributed by atoms with Gasteiger partial charge in [-0.25, -0.2) is 4.79 Å². The standard InChI is InChI=1S/C18H26BN3O6S/c1-3-29-18(20)21-8-16(23)22-9-13(10-22)28-15-5-4-12(2)6-7-19(26)27-11-14(15)17(24)25/h3-5,12-13,26H,1,6-11H2,2H3,(H2,20,21)(H,24,25). The molecule has 1 fully saturated rings. The van der Waals surface area contributed by atoms with Crippen LogP contribution in [0.5, 0.6) is 0 Å². The van der Waals surface area contributed by atoms with Gasteiger partial charge in [0, 0.05) is 0 Å². The van der Waals surface area contributed by atoms with Gasteiger partial charge < -0.3 is 30.2 Å². The summed E-state index contributed by atoms with van der Waals surface area (Å²) in [6.45, 7) is 5.80. The number of carboxylic acid groups (broad SMARTS) is 1. The van der Waals surface area contributed by atoms with Crippen LogP contribution in [0.15, 0.2) is 40.5 Å². The zero-order valence-electron chi connectivity index (χ0n) is 16.3. The lowest BCUT2D eigenvalue weighted by molar-refractivity contribution is -0.141. The van der Waals surface area contributed by atoms with Crippen molar-refractivity contribution in [3.63, 3.8) is 0 Å². The number of thioether (sulfide) groups is 1. The minimum absolute atomic E-state index is 0.0639. The lowest BCUT2D eigenvalue weighted by Gasteiger charge is -2.39. The van der Waals surface area contributed by atoms with Crippen LogP contribution in [0, 0.1) is 5.92 Å². The number of likely N-dealkylation sites (tertiary alicyclic amines) is 1. The molecule has 0 aromatic carbocycles. The van der Waals surface area contributed by atoms with Crippen LogP contribution in [0.25, 0.3) is 0 Å². The number of aliphatic carboxylic acids is 1. The van der Waals surface area contributed by atoms with Gasteiger partial charge in [-0.15, -0.1) is 0 Å². The normalized spacial score (nSPS) is 21.6. The predicted octanol–water partition coefficient (Wildman–Crippen LogP) is 0.837. The molecule has 1 amide bonds. The van der Waals surface area contributed by atoms with Crippen LogP contribution in [0.2, 0.25) is 6.32 Å². The zero-order valence-corrected chi connectivity index (χ0v) is 17.1. The molecule has 1 saturated heterocycles. The number of hydrogen-bond acceptors (Lipinski definition) is 7. The summed E-state index contributed by atoms with van der Waals surface area (Å²) in [4.78, 5) is 29.3. The van der Waals surface area contributed by atoms with Crippen molar-refractivity contribution in [2.24, 2.45) is 16.6 Å². The van der Waals surface area contributed by atoms with Crippen molar-refractivity contribution in [3.05, 3.63) is 35.5 Å². The monoisotopic (exact) mass is 423 g/mol. The fourth-order valence-electron chi connectivity index (χ4n) is 2.73. The van der Waals surface area contributed by atoms with Crippen molar-refractivity contribution in [2.45, 2.75) is 25.8 Å². The fraction of sp³-hybridized carbons (Fsp3) is 0.500. The third-order valence-corrected chi connectivity index (χ3v) is 5.03. The second-order valence-electron chi connectivity index (χ2n) is 6.80. The molecule has 0 radical (unpaired) electrons. The van der Waals surface area contributed by atoms with Crippen molar-refractivity contribution in [3.8, 4) is 0 Å². The molecule has 0 spiro atoms. The zero-order chi connectivity index (χ0) is 21.4. The molecular formula is C18H26BN3O6S. The number of amidine groups is 1. The Morgan fingerprint density at radius 2 is 2.28 bits per heavy atom. The molecule has 11 heteroatoms. The third-order valence-electron chi connectivity index (χ3n) is 4.49. The Morgan fingerprint density at radius 1 is 1.55 bits per heavy atom. The summed E-state index contributed by atoms with van der Waals surface area (Å²) in [6, 6.07) is 0. The van der Waals surface area contributed by atoms with Crippen LogP contribution in [-0.2, 0) is 19.0 Å². The van der Waals surface area contributed by atoms with Crippen LogP contribution in [0.1, 0.15) is 13.3 Å². The van der Waals surface area contributed by atoms with Gasteiger partial charge in [-0.05, 0) is 30.1 Å². The summed E-state index contributed by atoms with van der Waals surface area (Å²) in [7, 11) is -1.02. The highest BCUT2D eigenvalue weighted by Gasteiger charge is 2.33. The highest BCUT2D eigenvalue weighted by atomic mass is 32.2. The van der Waals surface area contributed by atoms with Crippen molar-refractivity contribution >= 4 is 35.9 Å². The average Bonchev–Trinajstić information content (AvgIpc) is 2.63. The van der Waals surface area contributed by atoms with Gasteiger partial charge in [0.2, 0.25) is 5.91 Å². The smallest absolute Gasteiger partial charge is 0.454 e. The first-order valence-electron chi connectivity index (χ1n) is 9.26. The highest BCUT2D eigenvalue weighted by molar-refractivity contribution is 8.16. The van der Waals surface area contributed by atoms with E-state index in [-0.39, 0.29) is 47.6 Å². The maximum absolute atomic E-state index is 12.1. The Bertz CT molecular complexity index is 720. The number of nitrogens with two attached hydrogens (primary N) is 1. The second-order valence-corrected chi connectivity index (χ2v) is 7.79. The number of hydrogen-bond donors (Lipinski definition) is 3. The molecule has 0 saturated carbocycles. The Labute approximate surface area is 174 Å². The first-order chi connectivity index (χ1) is 13.8. The lowest BCUT2D eigenvalue weighted by atomic mass is 9.80. The van der Waals surface area contributed by atoms with Gasteiger partial charge in [0.25, 0.3) is 0 Å². The van der Waals surface area contributed by atoms with Crippen molar-refractivity contribution in [1.29, 1.82) is 0 Å². The van der Waals surface area contributed by atoms with E-state index in [4.69, 9.17) is 15.1 Å². The number of rotatable bonds is 6. The lowest BCUT2D eigenvalue weighted by Crippen LogP contribution is -2.55. The van der Waals surface area contributed by atoms with E-state index >= 15 is 0 Å². The summed E-state index contributed by atoms with van der Waals surface area (Å²) >= 11 is 1.14. The minimum Gasteiger partial charge on any atom is -0.486 e. The minimum atomic E-state index is -1.18. The molecule has 9 nitrogen and oxygen atoms in total. The van der Waals surface area contributed by atoms with E-state index in [0.29, 0.717) is 25.8 Å². The van der Waals surface area contributed by atoms with Gasteiger partial charge >= 0.3 is 13.1 Å². The van der Waals surface area contributed by atoms with Crippen LogP contribution < -0.4 is 5.73 Å². The van der Waals surface area contributed by atoms with Gasteiger partial charge in [-0.3, -0.25) is 9.79 Å². The SMILES string of the molecule is C=CSC(N)=NCC(=O)N1CC(OC2=C(C(=O)O)COB(O)CCC(C)C=C2)C1. The van der Waals surface area contributed by atoms with Gasteiger partial charge in [0.15, 0.2) is 5.17 Å². The molecule has 29 heavy (non-hydrogen) atoms. The van der Waals surface area contributed by atoms with E-state index in [1.165, 1.54) is 5.41 Å². The molecule has 4 N–H and O–H groups in total. The molecule has 0 aliphatic carbocycles. The molecule has 2 rings (SSSR count). The highest BCUT2D eigenvalue weighted by Crippen LogP contribution is 2.22. The summed E-state index contributed by atoms with van der Waals surface area (Å²) in [5, 5.41) is 21.1. The number of aliphatic imine (C=N–C) groups is 1. The van der Waals surface area contributed by atoms with Crippen molar-refractivity contribution in [1.82, 2.24) is 4.90 Å². The number of ether oxygens (including phenoxy) is 1. The quantitative estimate of drug-likeness (QED) is 0.325. The van der Waals surface area contributed by atoms with Crippen molar-refractivity contribution < 1.29 is 29.1 Å².